The van der Waals surface area contributed by atoms with Crippen molar-refractivity contribution in [2.24, 2.45) is 0 Å². The third-order valence-corrected chi connectivity index (χ3v) is 5.48. The monoisotopic (exact) mass is 443 g/mol. The van der Waals surface area contributed by atoms with Crippen LogP contribution in [-0.4, -0.2) is 33.2 Å². The van der Waals surface area contributed by atoms with Gasteiger partial charge in [-0.25, -0.2) is 4.98 Å². The number of hydrogen-bond donors (Lipinski definition) is 2. The van der Waals surface area contributed by atoms with E-state index in [1.165, 1.54) is 12.3 Å². The highest BCUT2D eigenvalue weighted by Gasteiger charge is 2.20. The Hall–Kier alpha value is -1.44. The van der Waals surface area contributed by atoms with Gasteiger partial charge in [0.1, 0.15) is 5.82 Å². The zero-order valence-corrected chi connectivity index (χ0v) is 17.4. The van der Waals surface area contributed by atoms with Gasteiger partial charge in [-0.2, -0.15) is 11.8 Å². The van der Waals surface area contributed by atoms with E-state index >= 15 is 0 Å². The fourth-order valence-electron chi connectivity index (χ4n) is 2.84. The Balaban J connectivity index is 2.41. The topological polar surface area (TPSA) is 67.2 Å². The molecule has 0 atom stereocenters. The number of hydrogen-bond acceptors (Lipinski definition) is 5. The van der Waals surface area contributed by atoms with E-state index in [1.54, 1.807) is 34.5 Å². The van der Waals surface area contributed by atoms with Crippen LogP contribution in [0.25, 0.3) is 16.6 Å². The predicted octanol–water partition coefficient (Wildman–Crippen LogP) is 4.61. The van der Waals surface area contributed by atoms with E-state index in [0.29, 0.717) is 44.7 Å². The minimum absolute atomic E-state index is 0.254. The van der Waals surface area contributed by atoms with E-state index in [0.717, 1.165) is 5.75 Å². The zero-order chi connectivity index (χ0) is 19.6. The van der Waals surface area contributed by atoms with Crippen LogP contribution < -0.4 is 10.7 Å². The molecule has 0 bridgehead atoms. The summed E-state index contributed by atoms with van der Waals surface area (Å²) in [5, 5.41) is 14.3. The number of para-hydroxylation sites is 1. The van der Waals surface area contributed by atoms with E-state index in [4.69, 9.17) is 34.8 Å². The second kappa shape index (κ2) is 8.71. The summed E-state index contributed by atoms with van der Waals surface area (Å²) in [6, 6.07) is 6.43. The summed E-state index contributed by atoms with van der Waals surface area (Å²) in [6.07, 6.45) is 3.46. The van der Waals surface area contributed by atoms with Crippen molar-refractivity contribution in [3.05, 3.63) is 61.4 Å². The van der Waals surface area contributed by atoms with Crippen molar-refractivity contribution >= 4 is 63.3 Å². The van der Waals surface area contributed by atoms with Gasteiger partial charge in [-0.05, 0) is 18.4 Å². The van der Waals surface area contributed by atoms with Crippen LogP contribution in [0.4, 0.5) is 5.82 Å². The smallest absolute Gasteiger partial charge is 0.193 e. The normalized spacial score (nSPS) is 11.1. The number of halogens is 3. The van der Waals surface area contributed by atoms with E-state index < -0.39 is 0 Å². The van der Waals surface area contributed by atoms with Crippen LogP contribution in [0.2, 0.25) is 15.1 Å². The lowest BCUT2D eigenvalue weighted by atomic mass is 10.1. The van der Waals surface area contributed by atoms with E-state index in [-0.39, 0.29) is 17.1 Å². The van der Waals surface area contributed by atoms with Crippen LogP contribution in [0.3, 0.4) is 0 Å². The molecule has 142 valence electrons. The molecule has 0 aliphatic carbocycles. The maximum absolute atomic E-state index is 12.8. The number of aliphatic hydroxyl groups is 1. The first-order valence-corrected chi connectivity index (χ1v) is 10.5. The summed E-state index contributed by atoms with van der Waals surface area (Å²) in [4.78, 5) is 17.1. The Morgan fingerprint density at radius 1 is 1.22 bits per heavy atom. The molecule has 0 fully saturated rings. The number of pyridine rings is 2. The van der Waals surface area contributed by atoms with Crippen LogP contribution in [0.5, 0.6) is 0 Å². The van der Waals surface area contributed by atoms with Gasteiger partial charge in [-0.15, -0.1) is 0 Å². The van der Waals surface area contributed by atoms with Crippen molar-refractivity contribution in [2.45, 2.75) is 6.61 Å². The van der Waals surface area contributed by atoms with Crippen molar-refractivity contribution in [3.8, 4) is 5.69 Å². The molecule has 2 aromatic heterocycles. The van der Waals surface area contributed by atoms with Gasteiger partial charge in [0.15, 0.2) is 5.43 Å². The van der Waals surface area contributed by atoms with Gasteiger partial charge >= 0.3 is 0 Å². The number of nitrogens with one attached hydrogen (secondary N) is 1. The second-order valence-electron chi connectivity index (χ2n) is 5.66. The highest BCUT2D eigenvalue weighted by atomic mass is 35.5. The van der Waals surface area contributed by atoms with Crippen molar-refractivity contribution < 1.29 is 5.11 Å². The van der Waals surface area contributed by atoms with Crippen LogP contribution in [-0.2, 0) is 6.61 Å². The quantitative estimate of drug-likeness (QED) is 0.543. The number of thioether (sulfide) groups is 1. The Bertz CT molecular complexity index is 1040. The van der Waals surface area contributed by atoms with E-state index in [1.807, 2.05) is 6.26 Å². The Morgan fingerprint density at radius 2 is 1.93 bits per heavy atom. The molecule has 5 nitrogen and oxygen atoms in total. The zero-order valence-electron chi connectivity index (χ0n) is 14.3. The number of fused-ring (bicyclic) bond motifs is 1. The maximum Gasteiger partial charge on any atom is 0.193 e. The first kappa shape index (κ1) is 20.3. The van der Waals surface area contributed by atoms with Gasteiger partial charge in [0, 0.05) is 18.4 Å². The molecular weight excluding hydrogens is 429 g/mol. The molecule has 2 N–H and O–H groups in total. The lowest BCUT2D eigenvalue weighted by Gasteiger charge is -2.20. The Kier molecular flexibility index (Phi) is 6.55. The summed E-state index contributed by atoms with van der Waals surface area (Å²) < 4.78 is 1.62. The molecule has 3 aromatic rings. The summed E-state index contributed by atoms with van der Waals surface area (Å²) in [5.74, 6) is 1.28. The molecule has 0 saturated heterocycles. The van der Waals surface area contributed by atoms with Gasteiger partial charge in [-0.3, -0.25) is 4.79 Å². The highest BCUT2D eigenvalue weighted by Crippen LogP contribution is 2.35. The third-order valence-electron chi connectivity index (χ3n) is 3.98. The van der Waals surface area contributed by atoms with Crippen molar-refractivity contribution in [1.82, 2.24) is 9.55 Å². The average Bonchev–Trinajstić information content (AvgIpc) is 2.64. The van der Waals surface area contributed by atoms with Gasteiger partial charge in [0.05, 0.1) is 50.2 Å². The molecular formula is C18H16Cl3N3O2S. The maximum atomic E-state index is 12.8. The van der Waals surface area contributed by atoms with Gasteiger partial charge < -0.3 is 15.0 Å². The Morgan fingerprint density at radius 3 is 2.56 bits per heavy atom. The molecule has 3 rings (SSSR count). The predicted molar refractivity (Wildman–Crippen MR) is 115 cm³/mol. The molecule has 0 unspecified atom stereocenters. The largest absolute Gasteiger partial charge is 0.390 e. The molecule has 27 heavy (non-hydrogen) atoms. The van der Waals surface area contributed by atoms with Crippen LogP contribution in [0.15, 0.2) is 35.3 Å². The SMILES string of the molecule is CSCCNc1ncc(Cl)c2c1c(=O)cc(CO)n2-c1c(Cl)cccc1Cl. The van der Waals surface area contributed by atoms with E-state index in [9.17, 15) is 9.90 Å². The van der Waals surface area contributed by atoms with Crippen LogP contribution >= 0.6 is 46.6 Å². The molecule has 0 spiro atoms. The fourth-order valence-corrected chi connectivity index (χ4v) is 3.94. The summed E-state index contributed by atoms with van der Waals surface area (Å²) in [5.41, 5.74) is 0.865. The Labute approximate surface area is 175 Å². The molecule has 0 aliphatic rings. The third kappa shape index (κ3) is 3.91. The number of rotatable bonds is 6. The van der Waals surface area contributed by atoms with Gasteiger partial charge in [-0.1, -0.05) is 40.9 Å². The molecule has 0 aliphatic heterocycles. The average molecular weight is 445 g/mol. The summed E-state index contributed by atoms with van der Waals surface area (Å²) in [6.45, 7) is 0.250. The molecule has 0 radical (unpaired) electrons. The van der Waals surface area contributed by atoms with Crippen molar-refractivity contribution in [2.75, 3.05) is 23.9 Å². The number of benzene rings is 1. The number of anilines is 1. The fraction of sp³-hybridized carbons (Fsp3) is 0.222. The minimum atomic E-state index is -0.388. The standard InChI is InChI=1S/C18H16Cl3N3O2S/c1-27-6-5-22-18-15-14(26)7-10(9-25)24(17(15)13(21)8-23-18)16-11(19)3-2-4-12(16)20/h2-4,7-8,25H,5-6,9H2,1H3,(H,22,23). The van der Waals surface area contributed by atoms with Gasteiger partial charge in [0.25, 0.3) is 0 Å². The van der Waals surface area contributed by atoms with E-state index in [2.05, 4.69) is 10.3 Å². The second-order valence-corrected chi connectivity index (χ2v) is 7.87. The van der Waals surface area contributed by atoms with Gasteiger partial charge in [0.2, 0.25) is 0 Å². The summed E-state index contributed by atoms with van der Waals surface area (Å²) >= 11 is 20.9. The van der Waals surface area contributed by atoms with Crippen LogP contribution in [0, 0.1) is 0 Å². The number of nitrogens with zero attached hydrogens (tertiary/aromatic N) is 2. The first-order valence-electron chi connectivity index (χ1n) is 8.00. The summed E-state index contributed by atoms with van der Waals surface area (Å²) in [7, 11) is 0. The lowest BCUT2D eigenvalue weighted by molar-refractivity contribution is 0.274. The highest BCUT2D eigenvalue weighted by molar-refractivity contribution is 7.98. The molecule has 9 heteroatoms. The number of aromatic nitrogens is 2. The number of aliphatic hydroxyl groups excluding tert-OH is 1. The molecule has 1 aromatic carbocycles. The lowest BCUT2D eigenvalue weighted by Crippen LogP contribution is -2.17. The first-order chi connectivity index (χ1) is 13.0. The van der Waals surface area contributed by atoms with Crippen molar-refractivity contribution in [1.29, 1.82) is 0 Å². The molecule has 0 saturated carbocycles. The van der Waals surface area contributed by atoms with Crippen LogP contribution in [0.1, 0.15) is 5.69 Å². The molecule has 2 heterocycles. The molecule has 0 amide bonds. The van der Waals surface area contributed by atoms with Crippen molar-refractivity contribution in [3.63, 3.8) is 0 Å². The minimum Gasteiger partial charge on any atom is -0.390 e.